The first-order chi connectivity index (χ1) is 7.29. The van der Waals surface area contributed by atoms with Gasteiger partial charge in [-0.05, 0) is 32.0 Å². The Hall–Kier alpha value is -0.580. The van der Waals surface area contributed by atoms with E-state index in [9.17, 15) is 4.79 Å². The summed E-state index contributed by atoms with van der Waals surface area (Å²) in [6, 6.07) is 5.13. The number of halogens is 2. The highest BCUT2D eigenvalue weighted by atomic mass is 79.9. The summed E-state index contributed by atoms with van der Waals surface area (Å²) >= 11 is 9.23. The molecule has 0 saturated heterocycles. The van der Waals surface area contributed by atoms with E-state index in [0.717, 1.165) is 4.47 Å². The summed E-state index contributed by atoms with van der Waals surface area (Å²) in [5, 5.41) is 3.15. The molecule has 0 aliphatic carbocycles. The molecular weight excluding hydrogens is 291 g/mol. The van der Waals surface area contributed by atoms with Crippen LogP contribution in [0.4, 0.5) is 0 Å². The Balaban J connectivity index is 2.74. The molecule has 1 rings (SSSR count). The first-order valence-electron chi connectivity index (χ1n) is 4.82. The second kappa shape index (κ2) is 5.17. The summed E-state index contributed by atoms with van der Waals surface area (Å²) in [6.45, 7) is 4.09. The third-order valence-electron chi connectivity index (χ3n) is 1.88. The van der Waals surface area contributed by atoms with Crippen molar-refractivity contribution in [3.8, 4) is 0 Å². The van der Waals surface area contributed by atoms with Gasteiger partial charge in [-0.15, -0.1) is 0 Å². The van der Waals surface area contributed by atoms with E-state index in [1.165, 1.54) is 0 Å². The average Bonchev–Trinajstić information content (AvgIpc) is 2.13. The molecule has 0 heterocycles. The van der Waals surface area contributed by atoms with Gasteiger partial charge in [0, 0.05) is 16.6 Å². The third-order valence-corrected chi connectivity index (χ3v) is 2.69. The maximum Gasteiger partial charge on any atom is 0.252 e. The molecule has 0 saturated carbocycles. The molecule has 0 spiro atoms. The van der Waals surface area contributed by atoms with Gasteiger partial charge in [0.1, 0.15) is 0 Å². The Kier molecular flexibility index (Phi) is 4.35. The molecule has 0 unspecified atom stereocenters. The molecular formula is C11H14BrClN2O. The molecule has 3 N–H and O–H groups in total. The Bertz CT molecular complexity index is 401. The van der Waals surface area contributed by atoms with Gasteiger partial charge in [-0.2, -0.15) is 0 Å². The molecule has 1 aromatic carbocycles. The number of rotatable bonds is 3. The van der Waals surface area contributed by atoms with Crippen molar-refractivity contribution in [1.29, 1.82) is 0 Å². The van der Waals surface area contributed by atoms with Crippen LogP contribution in [0.15, 0.2) is 22.7 Å². The molecule has 88 valence electrons. The molecule has 0 bridgehead atoms. The van der Waals surface area contributed by atoms with Gasteiger partial charge in [0.2, 0.25) is 0 Å². The number of carbonyl (C=O) groups is 1. The Morgan fingerprint density at radius 3 is 2.69 bits per heavy atom. The smallest absolute Gasteiger partial charge is 0.252 e. The molecule has 0 aromatic heterocycles. The van der Waals surface area contributed by atoms with E-state index in [1.54, 1.807) is 18.2 Å². The van der Waals surface area contributed by atoms with Crippen molar-refractivity contribution in [3.63, 3.8) is 0 Å². The van der Waals surface area contributed by atoms with E-state index in [4.69, 9.17) is 17.3 Å². The van der Waals surface area contributed by atoms with Gasteiger partial charge >= 0.3 is 0 Å². The minimum atomic E-state index is -0.433. The van der Waals surface area contributed by atoms with Crippen LogP contribution in [0.25, 0.3) is 0 Å². The van der Waals surface area contributed by atoms with Crippen molar-refractivity contribution >= 4 is 33.4 Å². The van der Waals surface area contributed by atoms with Crippen molar-refractivity contribution in [2.45, 2.75) is 19.4 Å². The zero-order valence-corrected chi connectivity index (χ0v) is 11.5. The molecule has 3 nitrogen and oxygen atoms in total. The van der Waals surface area contributed by atoms with E-state index in [2.05, 4.69) is 21.2 Å². The van der Waals surface area contributed by atoms with E-state index in [1.807, 2.05) is 13.8 Å². The molecule has 16 heavy (non-hydrogen) atoms. The Labute approximate surface area is 108 Å². The second-order valence-corrected chi connectivity index (χ2v) is 5.62. The fourth-order valence-electron chi connectivity index (χ4n) is 1.08. The monoisotopic (exact) mass is 304 g/mol. The maximum atomic E-state index is 11.8. The molecule has 1 amide bonds. The van der Waals surface area contributed by atoms with Crippen LogP contribution in [0.2, 0.25) is 5.02 Å². The van der Waals surface area contributed by atoms with E-state index in [-0.39, 0.29) is 5.91 Å². The molecule has 0 aliphatic rings. The van der Waals surface area contributed by atoms with Gasteiger partial charge in [-0.25, -0.2) is 0 Å². The zero-order valence-electron chi connectivity index (χ0n) is 9.18. The van der Waals surface area contributed by atoms with Crippen LogP contribution >= 0.6 is 27.5 Å². The summed E-state index contributed by atoms with van der Waals surface area (Å²) in [5.74, 6) is -0.212. The topological polar surface area (TPSA) is 55.1 Å². The van der Waals surface area contributed by atoms with Crippen molar-refractivity contribution in [2.75, 3.05) is 6.54 Å². The number of carbonyl (C=O) groups excluding carboxylic acids is 1. The van der Waals surface area contributed by atoms with Gasteiger partial charge in [0.25, 0.3) is 5.91 Å². The summed E-state index contributed by atoms with van der Waals surface area (Å²) < 4.78 is 0.841. The number of amides is 1. The fourth-order valence-corrected chi connectivity index (χ4v) is 1.84. The first-order valence-corrected chi connectivity index (χ1v) is 5.99. The largest absolute Gasteiger partial charge is 0.350 e. The molecule has 0 atom stereocenters. The highest BCUT2D eigenvalue weighted by Crippen LogP contribution is 2.21. The summed E-state index contributed by atoms with van der Waals surface area (Å²) in [4.78, 5) is 11.8. The zero-order chi connectivity index (χ0) is 12.3. The molecule has 5 heteroatoms. The predicted octanol–water partition coefficient (Wildman–Crippen LogP) is 2.57. The highest BCUT2D eigenvalue weighted by Gasteiger charge is 2.15. The van der Waals surface area contributed by atoms with Gasteiger partial charge in [0.15, 0.2) is 0 Å². The number of hydrogen-bond donors (Lipinski definition) is 2. The number of nitrogens with one attached hydrogen (secondary N) is 1. The third kappa shape index (κ3) is 4.12. The molecule has 1 aromatic rings. The SMILES string of the molecule is CC(C)(N)CNC(=O)c1ccc(Br)cc1Cl. The first kappa shape index (κ1) is 13.5. The second-order valence-electron chi connectivity index (χ2n) is 4.30. The van der Waals surface area contributed by atoms with Crippen LogP contribution in [-0.2, 0) is 0 Å². The Morgan fingerprint density at radius 1 is 1.56 bits per heavy atom. The molecule has 0 aliphatic heterocycles. The highest BCUT2D eigenvalue weighted by molar-refractivity contribution is 9.10. The molecule has 0 radical (unpaired) electrons. The van der Waals surface area contributed by atoms with Crippen LogP contribution in [0.1, 0.15) is 24.2 Å². The quantitative estimate of drug-likeness (QED) is 0.902. The summed E-state index contributed by atoms with van der Waals surface area (Å²) in [6.07, 6.45) is 0. The summed E-state index contributed by atoms with van der Waals surface area (Å²) in [5.41, 5.74) is 5.79. The lowest BCUT2D eigenvalue weighted by Crippen LogP contribution is -2.45. The minimum absolute atomic E-state index is 0.212. The number of nitrogens with two attached hydrogens (primary N) is 1. The van der Waals surface area contributed by atoms with Crippen LogP contribution in [0.5, 0.6) is 0 Å². The van der Waals surface area contributed by atoms with E-state index < -0.39 is 5.54 Å². The normalized spacial score (nSPS) is 11.3. The van der Waals surface area contributed by atoms with Gasteiger partial charge in [0.05, 0.1) is 10.6 Å². The minimum Gasteiger partial charge on any atom is -0.350 e. The van der Waals surface area contributed by atoms with Crippen LogP contribution in [-0.4, -0.2) is 18.0 Å². The lowest BCUT2D eigenvalue weighted by Gasteiger charge is -2.19. The fraction of sp³-hybridized carbons (Fsp3) is 0.364. The number of hydrogen-bond acceptors (Lipinski definition) is 2. The summed E-state index contributed by atoms with van der Waals surface area (Å²) in [7, 11) is 0. The maximum absolute atomic E-state index is 11.8. The predicted molar refractivity (Wildman–Crippen MR) is 69.8 cm³/mol. The van der Waals surface area contributed by atoms with Gasteiger partial charge < -0.3 is 11.1 Å². The lowest BCUT2D eigenvalue weighted by atomic mass is 10.1. The van der Waals surface area contributed by atoms with Gasteiger partial charge in [-0.1, -0.05) is 27.5 Å². The van der Waals surface area contributed by atoms with Crippen molar-refractivity contribution in [2.24, 2.45) is 5.73 Å². The van der Waals surface area contributed by atoms with Crippen LogP contribution < -0.4 is 11.1 Å². The van der Waals surface area contributed by atoms with Crippen molar-refractivity contribution in [3.05, 3.63) is 33.3 Å². The van der Waals surface area contributed by atoms with Crippen LogP contribution in [0.3, 0.4) is 0 Å². The lowest BCUT2D eigenvalue weighted by molar-refractivity contribution is 0.0946. The standard InChI is InChI=1S/C11H14BrClN2O/c1-11(2,14)6-15-10(16)8-4-3-7(12)5-9(8)13/h3-5H,6,14H2,1-2H3,(H,15,16). The van der Waals surface area contributed by atoms with Gasteiger partial charge in [-0.3, -0.25) is 4.79 Å². The Morgan fingerprint density at radius 2 is 2.19 bits per heavy atom. The average molecular weight is 306 g/mol. The van der Waals surface area contributed by atoms with Crippen molar-refractivity contribution < 1.29 is 4.79 Å². The van der Waals surface area contributed by atoms with Crippen molar-refractivity contribution in [1.82, 2.24) is 5.32 Å². The molecule has 0 fully saturated rings. The number of benzene rings is 1. The van der Waals surface area contributed by atoms with E-state index in [0.29, 0.717) is 17.1 Å². The van der Waals surface area contributed by atoms with E-state index >= 15 is 0 Å². The van der Waals surface area contributed by atoms with Crippen LogP contribution in [0, 0.1) is 0 Å².